The van der Waals surface area contributed by atoms with Crippen LogP contribution < -0.4 is 5.32 Å². The van der Waals surface area contributed by atoms with Crippen LogP contribution in [0.2, 0.25) is 0 Å². The molecule has 1 aliphatic carbocycles. The van der Waals surface area contributed by atoms with Crippen LogP contribution in [0.15, 0.2) is 30.3 Å². The first kappa shape index (κ1) is 12.7. The molecule has 0 spiro atoms. The van der Waals surface area contributed by atoms with E-state index in [0.717, 1.165) is 51.9 Å². The molecule has 1 heterocycles. The molecule has 2 aliphatic rings. The molecule has 1 amide bonds. The van der Waals surface area contributed by atoms with Crippen LogP contribution in [0.4, 0.5) is 0 Å². The van der Waals surface area contributed by atoms with Crippen LogP contribution in [0.3, 0.4) is 0 Å². The Labute approximate surface area is 115 Å². The smallest absolute Gasteiger partial charge is 0.229 e. The van der Waals surface area contributed by atoms with E-state index in [9.17, 15) is 4.79 Å². The fourth-order valence-corrected chi connectivity index (χ4v) is 2.99. The molecule has 1 aromatic carbocycles. The van der Waals surface area contributed by atoms with Crippen LogP contribution in [0, 0.1) is 5.41 Å². The Hall–Kier alpha value is -1.35. The van der Waals surface area contributed by atoms with Crippen LogP contribution >= 0.6 is 0 Å². The summed E-state index contributed by atoms with van der Waals surface area (Å²) < 4.78 is 0. The van der Waals surface area contributed by atoms with E-state index in [1.807, 2.05) is 6.07 Å². The largest absolute Gasteiger partial charge is 0.341 e. The number of carbonyl (C=O) groups excluding carboxylic acids is 1. The number of amides is 1. The molecule has 1 saturated heterocycles. The van der Waals surface area contributed by atoms with Gasteiger partial charge in [0, 0.05) is 19.6 Å². The lowest BCUT2D eigenvalue weighted by Gasteiger charge is -2.26. The van der Waals surface area contributed by atoms with E-state index in [0.29, 0.717) is 5.91 Å². The van der Waals surface area contributed by atoms with E-state index >= 15 is 0 Å². The average Bonchev–Trinajstić information content (AvgIpc) is 3.23. The fraction of sp³-hybridized carbons (Fsp3) is 0.562. The van der Waals surface area contributed by atoms with Crippen LogP contribution in [-0.2, 0) is 11.2 Å². The molecule has 1 aliphatic heterocycles. The summed E-state index contributed by atoms with van der Waals surface area (Å²) in [6.07, 6.45) is 4.11. The predicted octanol–water partition coefficient (Wildman–Crippen LogP) is 1.83. The first-order valence-electron chi connectivity index (χ1n) is 7.34. The maximum atomic E-state index is 12.7. The van der Waals surface area contributed by atoms with Gasteiger partial charge in [-0.3, -0.25) is 4.79 Å². The first-order chi connectivity index (χ1) is 9.30. The summed E-state index contributed by atoms with van der Waals surface area (Å²) >= 11 is 0. The Morgan fingerprint density at radius 3 is 2.68 bits per heavy atom. The van der Waals surface area contributed by atoms with Gasteiger partial charge >= 0.3 is 0 Å². The van der Waals surface area contributed by atoms with Crippen LogP contribution in [0.25, 0.3) is 0 Å². The van der Waals surface area contributed by atoms with Crippen LogP contribution in [0.1, 0.15) is 24.8 Å². The van der Waals surface area contributed by atoms with Gasteiger partial charge in [-0.2, -0.15) is 0 Å². The highest BCUT2D eigenvalue weighted by Crippen LogP contribution is 2.49. The molecule has 1 aromatic rings. The van der Waals surface area contributed by atoms with Crippen molar-refractivity contribution >= 4 is 5.91 Å². The van der Waals surface area contributed by atoms with E-state index in [1.165, 1.54) is 5.56 Å². The number of nitrogens with one attached hydrogen (secondary N) is 1. The summed E-state index contributed by atoms with van der Waals surface area (Å²) in [5, 5.41) is 3.36. The van der Waals surface area contributed by atoms with E-state index in [2.05, 4.69) is 34.5 Å². The highest BCUT2D eigenvalue weighted by atomic mass is 16.2. The minimum Gasteiger partial charge on any atom is -0.341 e. The van der Waals surface area contributed by atoms with Gasteiger partial charge in [0.05, 0.1) is 5.41 Å². The third kappa shape index (κ3) is 2.81. The summed E-state index contributed by atoms with van der Waals surface area (Å²) in [5.74, 6) is 0.389. The Bertz CT molecular complexity index is 431. The Balaban J connectivity index is 1.68. The number of hydrogen-bond donors (Lipinski definition) is 1. The van der Waals surface area contributed by atoms with Crippen molar-refractivity contribution < 1.29 is 4.79 Å². The van der Waals surface area contributed by atoms with Gasteiger partial charge in [-0.25, -0.2) is 0 Å². The lowest BCUT2D eigenvalue weighted by atomic mass is 9.95. The van der Waals surface area contributed by atoms with Crippen LogP contribution in [-0.4, -0.2) is 37.0 Å². The molecule has 3 heteroatoms. The van der Waals surface area contributed by atoms with Crippen molar-refractivity contribution in [2.24, 2.45) is 5.41 Å². The Morgan fingerprint density at radius 1 is 1.16 bits per heavy atom. The zero-order valence-electron chi connectivity index (χ0n) is 11.4. The van der Waals surface area contributed by atoms with Gasteiger partial charge in [-0.15, -0.1) is 0 Å². The van der Waals surface area contributed by atoms with Gasteiger partial charge < -0.3 is 10.2 Å². The van der Waals surface area contributed by atoms with Gasteiger partial charge in [0.15, 0.2) is 0 Å². The molecule has 0 unspecified atom stereocenters. The Kier molecular flexibility index (Phi) is 3.56. The molecule has 2 fully saturated rings. The van der Waals surface area contributed by atoms with Gasteiger partial charge in [0.1, 0.15) is 0 Å². The summed E-state index contributed by atoms with van der Waals surface area (Å²) in [7, 11) is 0. The van der Waals surface area contributed by atoms with E-state index in [-0.39, 0.29) is 5.41 Å². The minimum absolute atomic E-state index is 0.0777. The number of carbonyl (C=O) groups is 1. The Morgan fingerprint density at radius 2 is 1.95 bits per heavy atom. The van der Waals surface area contributed by atoms with E-state index in [4.69, 9.17) is 0 Å². The lowest BCUT2D eigenvalue weighted by molar-refractivity contribution is -0.136. The van der Waals surface area contributed by atoms with E-state index in [1.54, 1.807) is 0 Å². The summed E-state index contributed by atoms with van der Waals surface area (Å²) in [5.41, 5.74) is 1.22. The molecule has 0 bridgehead atoms. The highest BCUT2D eigenvalue weighted by molar-refractivity contribution is 5.85. The number of nitrogens with zero attached hydrogens (tertiary/aromatic N) is 1. The summed E-state index contributed by atoms with van der Waals surface area (Å²) in [6.45, 7) is 3.76. The molecule has 3 nitrogen and oxygen atoms in total. The molecule has 0 aromatic heterocycles. The van der Waals surface area contributed by atoms with Crippen molar-refractivity contribution in [3.05, 3.63) is 35.9 Å². The maximum absolute atomic E-state index is 12.7. The number of hydrogen-bond acceptors (Lipinski definition) is 2. The predicted molar refractivity (Wildman–Crippen MR) is 75.9 cm³/mol. The quantitative estimate of drug-likeness (QED) is 0.897. The van der Waals surface area contributed by atoms with Crippen LogP contribution in [0.5, 0.6) is 0 Å². The number of benzene rings is 1. The summed E-state index contributed by atoms with van der Waals surface area (Å²) in [6, 6.07) is 10.4. The molecule has 102 valence electrons. The second kappa shape index (κ2) is 5.33. The molecule has 0 radical (unpaired) electrons. The SMILES string of the molecule is O=C(N1CCCNCC1)C1(Cc2ccccc2)CC1. The maximum Gasteiger partial charge on any atom is 0.229 e. The van der Waals surface area contributed by atoms with Crippen molar-refractivity contribution in [1.29, 1.82) is 0 Å². The van der Waals surface area contributed by atoms with Crippen molar-refractivity contribution in [1.82, 2.24) is 10.2 Å². The zero-order valence-corrected chi connectivity index (χ0v) is 11.4. The average molecular weight is 258 g/mol. The second-order valence-electron chi connectivity index (χ2n) is 5.84. The molecule has 0 atom stereocenters. The van der Waals surface area contributed by atoms with Crippen molar-refractivity contribution in [2.75, 3.05) is 26.2 Å². The molecular formula is C16H22N2O. The van der Waals surface area contributed by atoms with Crippen molar-refractivity contribution in [3.63, 3.8) is 0 Å². The topological polar surface area (TPSA) is 32.3 Å². The van der Waals surface area contributed by atoms with Crippen molar-refractivity contribution in [3.8, 4) is 0 Å². The molecule has 3 rings (SSSR count). The molecular weight excluding hydrogens is 236 g/mol. The standard InChI is InChI=1S/C16H22N2O/c19-15(18-11-4-9-17-10-12-18)16(7-8-16)13-14-5-2-1-3-6-14/h1-3,5-6,17H,4,7-13H2. The second-order valence-corrected chi connectivity index (χ2v) is 5.84. The normalized spacial score (nSPS) is 21.8. The van der Waals surface area contributed by atoms with E-state index < -0.39 is 0 Å². The monoisotopic (exact) mass is 258 g/mol. The van der Waals surface area contributed by atoms with Gasteiger partial charge in [0.2, 0.25) is 5.91 Å². The zero-order chi connectivity index (χ0) is 13.1. The highest BCUT2D eigenvalue weighted by Gasteiger charge is 2.51. The summed E-state index contributed by atoms with van der Waals surface area (Å²) in [4.78, 5) is 14.8. The number of rotatable bonds is 3. The molecule has 1 saturated carbocycles. The van der Waals surface area contributed by atoms with Crippen molar-refractivity contribution in [2.45, 2.75) is 25.7 Å². The lowest BCUT2D eigenvalue weighted by Crippen LogP contribution is -2.40. The minimum atomic E-state index is -0.0777. The fourth-order valence-electron chi connectivity index (χ4n) is 2.99. The molecule has 1 N–H and O–H groups in total. The first-order valence-corrected chi connectivity index (χ1v) is 7.34. The third-order valence-electron chi connectivity index (χ3n) is 4.32. The third-order valence-corrected chi connectivity index (χ3v) is 4.32. The van der Waals surface area contributed by atoms with Gasteiger partial charge in [-0.1, -0.05) is 30.3 Å². The van der Waals surface area contributed by atoms with Gasteiger partial charge in [0.25, 0.3) is 0 Å². The van der Waals surface area contributed by atoms with Gasteiger partial charge in [-0.05, 0) is 37.8 Å². The molecule has 19 heavy (non-hydrogen) atoms.